The fourth-order valence-electron chi connectivity index (χ4n) is 3.32. The molecule has 7 nitrogen and oxygen atoms in total. The van der Waals surface area contributed by atoms with Gasteiger partial charge < -0.3 is 10.6 Å². The van der Waals surface area contributed by atoms with E-state index in [4.69, 9.17) is 11.6 Å². The average Bonchev–Trinajstić information content (AvgIpc) is 3.01. The first-order valence-corrected chi connectivity index (χ1v) is 9.88. The van der Waals surface area contributed by atoms with Crippen LogP contribution in [0.15, 0.2) is 30.3 Å². The molecule has 30 heavy (non-hydrogen) atoms. The van der Waals surface area contributed by atoms with Gasteiger partial charge in [0.15, 0.2) is 5.69 Å². The van der Waals surface area contributed by atoms with Crippen molar-refractivity contribution in [1.82, 2.24) is 15.0 Å². The molecule has 1 heterocycles. The Morgan fingerprint density at radius 1 is 0.967 bits per heavy atom. The molecule has 0 radical (unpaired) electrons. The first-order chi connectivity index (χ1) is 14.2. The van der Waals surface area contributed by atoms with Crippen molar-refractivity contribution in [2.45, 2.75) is 41.2 Å². The summed E-state index contributed by atoms with van der Waals surface area (Å²) in [5, 5.41) is 14.2. The van der Waals surface area contributed by atoms with E-state index in [0.29, 0.717) is 16.4 Å². The van der Waals surface area contributed by atoms with Gasteiger partial charge >= 0.3 is 0 Å². The van der Waals surface area contributed by atoms with Crippen molar-refractivity contribution in [1.29, 1.82) is 0 Å². The Labute approximate surface area is 180 Å². The molecule has 1 aromatic heterocycles. The molecule has 0 spiro atoms. The summed E-state index contributed by atoms with van der Waals surface area (Å²) in [5.74, 6) is -0.648. The number of benzene rings is 2. The van der Waals surface area contributed by atoms with Gasteiger partial charge in [-0.3, -0.25) is 9.59 Å². The number of amides is 2. The topological polar surface area (TPSA) is 88.9 Å². The highest BCUT2D eigenvalue weighted by Gasteiger charge is 2.19. The molecule has 156 valence electrons. The Morgan fingerprint density at radius 3 is 2.30 bits per heavy atom. The van der Waals surface area contributed by atoms with Crippen molar-refractivity contribution in [2.24, 2.45) is 0 Å². The normalized spacial score (nSPS) is 10.7. The summed E-state index contributed by atoms with van der Waals surface area (Å²) >= 11 is 6.00. The van der Waals surface area contributed by atoms with Crippen LogP contribution in [-0.2, 0) is 11.3 Å². The van der Waals surface area contributed by atoms with Crippen molar-refractivity contribution in [3.63, 3.8) is 0 Å². The first kappa shape index (κ1) is 21.5. The van der Waals surface area contributed by atoms with Gasteiger partial charge in [0.2, 0.25) is 5.91 Å². The zero-order chi connectivity index (χ0) is 22.0. The SMILES string of the molecule is Cc1cc(C)c(NC(=O)c2nnn(CC(=O)Nc3cc(Cl)ccc3C)c2C)c(C)c1. The van der Waals surface area contributed by atoms with E-state index in [9.17, 15) is 9.59 Å². The predicted octanol–water partition coefficient (Wildman–Crippen LogP) is 4.36. The second kappa shape index (κ2) is 8.67. The lowest BCUT2D eigenvalue weighted by atomic mass is 10.0. The lowest BCUT2D eigenvalue weighted by Crippen LogP contribution is -2.21. The number of aromatic nitrogens is 3. The molecule has 0 saturated carbocycles. The van der Waals surface area contributed by atoms with Gasteiger partial charge in [-0.05, 0) is 63.4 Å². The molecule has 2 N–H and O–H groups in total. The maximum Gasteiger partial charge on any atom is 0.278 e. The van der Waals surface area contributed by atoms with Crippen LogP contribution >= 0.6 is 11.6 Å². The van der Waals surface area contributed by atoms with E-state index in [0.717, 1.165) is 27.9 Å². The monoisotopic (exact) mass is 425 g/mol. The maximum absolute atomic E-state index is 12.8. The molecule has 0 atom stereocenters. The number of aryl methyl sites for hydroxylation is 4. The van der Waals surface area contributed by atoms with Crippen LogP contribution in [0.2, 0.25) is 5.02 Å². The van der Waals surface area contributed by atoms with Crippen LogP contribution in [0.3, 0.4) is 0 Å². The van der Waals surface area contributed by atoms with Crippen molar-refractivity contribution >= 4 is 34.8 Å². The lowest BCUT2D eigenvalue weighted by Gasteiger charge is -2.12. The molecular formula is C22H24ClN5O2. The van der Waals surface area contributed by atoms with Crippen molar-refractivity contribution < 1.29 is 9.59 Å². The fourth-order valence-corrected chi connectivity index (χ4v) is 3.50. The Balaban J connectivity index is 1.73. The number of anilines is 2. The Kier molecular flexibility index (Phi) is 6.22. The summed E-state index contributed by atoms with van der Waals surface area (Å²) in [7, 11) is 0. The zero-order valence-corrected chi connectivity index (χ0v) is 18.4. The van der Waals surface area contributed by atoms with Crippen LogP contribution in [0.25, 0.3) is 0 Å². The molecule has 0 unspecified atom stereocenters. The van der Waals surface area contributed by atoms with E-state index in [1.807, 2.05) is 45.9 Å². The van der Waals surface area contributed by atoms with Gasteiger partial charge in [-0.15, -0.1) is 5.10 Å². The zero-order valence-electron chi connectivity index (χ0n) is 17.6. The van der Waals surface area contributed by atoms with E-state index in [-0.39, 0.29) is 24.1 Å². The molecule has 2 amide bonds. The number of carbonyl (C=O) groups excluding carboxylic acids is 2. The van der Waals surface area contributed by atoms with E-state index < -0.39 is 0 Å². The molecule has 0 fully saturated rings. The second-order valence-electron chi connectivity index (χ2n) is 7.42. The fraction of sp³-hybridized carbons (Fsp3) is 0.273. The van der Waals surface area contributed by atoms with Crippen molar-refractivity contribution in [2.75, 3.05) is 10.6 Å². The smallest absolute Gasteiger partial charge is 0.278 e. The molecule has 8 heteroatoms. The van der Waals surface area contributed by atoms with Crippen LogP contribution in [0.5, 0.6) is 0 Å². The maximum atomic E-state index is 12.8. The minimum absolute atomic E-state index is 0.0688. The largest absolute Gasteiger partial charge is 0.324 e. The van der Waals surface area contributed by atoms with Crippen LogP contribution < -0.4 is 10.6 Å². The molecule has 3 rings (SSSR count). The number of nitrogens with one attached hydrogen (secondary N) is 2. The molecule has 0 aliphatic rings. The van der Waals surface area contributed by atoms with E-state index in [2.05, 4.69) is 20.9 Å². The number of rotatable bonds is 5. The van der Waals surface area contributed by atoms with Gasteiger partial charge in [-0.2, -0.15) is 0 Å². The van der Waals surface area contributed by atoms with Crippen LogP contribution in [-0.4, -0.2) is 26.8 Å². The molecule has 0 aliphatic carbocycles. The Morgan fingerprint density at radius 2 is 1.63 bits per heavy atom. The third kappa shape index (κ3) is 4.68. The second-order valence-corrected chi connectivity index (χ2v) is 7.85. The number of halogens is 1. The summed E-state index contributed by atoms with van der Waals surface area (Å²) in [6, 6.07) is 9.30. The number of hydrogen-bond acceptors (Lipinski definition) is 4. The average molecular weight is 426 g/mol. The van der Waals surface area contributed by atoms with Crippen LogP contribution in [0.1, 0.15) is 38.4 Å². The van der Waals surface area contributed by atoms with E-state index >= 15 is 0 Å². The molecule has 0 bridgehead atoms. The predicted molar refractivity (Wildman–Crippen MR) is 118 cm³/mol. The van der Waals surface area contributed by atoms with Gasteiger partial charge in [-0.25, -0.2) is 4.68 Å². The summed E-state index contributed by atoms with van der Waals surface area (Å²) in [4.78, 5) is 25.2. The lowest BCUT2D eigenvalue weighted by molar-refractivity contribution is -0.117. The van der Waals surface area contributed by atoms with Gasteiger partial charge in [0.25, 0.3) is 5.91 Å². The van der Waals surface area contributed by atoms with E-state index in [1.165, 1.54) is 4.68 Å². The third-order valence-electron chi connectivity index (χ3n) is 4.88. The molecule has 2 aromatic carbocycles. The van der Waals surface area contributed by atoms with Gasteiger partial charge in [0, 0.05) is 16.4 Å². The first-order valence-electron chi connectivity index (χ1n) is 9.51. The number of hydrogen-bond donors (Lipinski definition) is 2. The highest BCUT2D eigenvalue weighted by molar-refractivity contribution is 6.31. The summed E-state index contributed by atoms with van der Waals surface area (Å²) in [5.41, 5.74) is 6.05. The standard InChI is InChI=1S/C22H24ClN5O2/c1-12-8-14(3)20(15(4)9-12)25-22(30)21-16(5)28(27-26-21)11-19(29)24-18-10-17(23)7-6-13(18)2/h6-10H,11H2,1-5H3,(H,24,29)(H,25,30). The van der Waals surface area contributed by atoms with Crippen molar-refractivity contribution in [3.05, 3.63) is 69.0 Å². The Bertz CT molecular complexity index is 1110. The van der Waals surface area contributed by atoms with Crippen molar-refractivity contribution in [3.8, 4) is 0 Å². The highest BCUT2D eigenvalue weighted by Crippen LogP contribution is 2.23. The van der Waals surface area contributed by atoms with Gasteiger partial charge in [-0.1, -0.05) is 40.6 Å². The number of nitrogens with zero attached hydrogens (tertiary/aromatic N) is 3. The minimum Gasteiger partial charge on any atom is -0.324 e. The van der Waals surface area contributed by atoms with Crippen LogP contribution in [0.4, 0.5) is 11.4 Å². The number of carbonyl (C=O) groups is 2. The highest BCUT2D eigenvalue weighted by atomic mass is 35.5. The quantitative estimate of drug-likeness (QED) is 0.635. The minimum atomic E-state index is -0.361. The molecule has 0 aliphatic heterocycles. The third-order valence-corrected chi connectivity index (χ3v) is 5.12. The summed E-state index contributed by atoms with van der Waals surface area (Å²) in [6.45, 7) is 9.42. The Hall–Kier alpha value is -3.19. The molecular weight excluding hydrogens is 402 g/mol. The summed E-state index contributed by atoms with van der Waals surface area (Å²) < 4.78 is 1.40. The van der Waals surface area contributed by atoms with Gasteiger partial charge in [0.1, 0.15) is 6.54 Å². The van der Waals surface area contributed by atoms with Gasteiger partial charge in [0.05, 0.1) is 5.69 Å². The van der Waals surface area contributed by atoms with Crippen LogP contribution in [0, 0.1) is 34.6 Å². The molecule has 3 aromatic rings. The molecule has 0 saturated heterocycles. The van der Waals surface area contributed by atoms with E-state index in [1.54, 1.807) is 19.1 Å². The summed E-state index contributed by atoms with van der Waals surface area (Å²) in [6.07, 6.45) is 0.